The van der Waals surface area contributed by atoms with Gasteiger partial charge in [-0.05, 0) is 81.0 Å². The minimum absolute atomic E-state index is 0.0419. The first kappa shape index (κ1) is 23.2. The molecule has 0 bridgehead atoms. The van der Waals surface area contributed by atoms with Crippen LogP contribution in [0.25, 0.3) is 10.2 Å². The van der Waals surface area contributed by atoms with Gasteiger partial charge in [0.25, 0.3) is 0 Å². The molecule has 0 N–H and O–H groups in total. The molecule has 2 aromatic carbocycles. The van der Waals surface area contributed by atoms with E-state index in [1.807, 2.05) is 32.0 Å². The standard InChI is InChI=1S/C27H28N2O3S2/c1-14-11-15(2)24(17(4)30)16(3)21(14)13-33-27-28-22-10-9-18(12-23(22)34-27)29-25(31)19-7-5-6-8-20(19)26(29)32/h9-12,19-20H,5-8,13H2,1-4H3/t19-,20+. The Balaban J connectivity index is 1.39. The third-order valence-corrected chi connectivity index (χ3v) is 9.46. The van der Waals surface area contributed by atoms with Crippen LogP contribution < -0.4 is 4.90 Å². The quantitative estimate of drug-likeness (QED) is 0.234. The van der Waals surface area contributed by atoms with Crippen molar-refractivity contribution in [1.82, 2.24) is 4.98 Å². The first-order valence-electron chi connectivity index (χ1n) is 11.8. The monoisotopic (exact) mass is 492 g/mol. The van der Waals surface area contributed by atoms with Crippen molar-refractivity contribution in [3.05, 3.63) is 52.1 Å². The van der Waals surface area contributed by atoms with Crippen molar-refractivity contribution in [2.24, 2.45) is 11.8 Å². The number of benzene rings is 2. The largest absolute Gasteiger partial charge is 0.294 e. The molecule has 1 aromatic heterocycles. The summed E-state index contributed by atoms with van der Waals surface area (Å²) in [6.45, 7) is 7.73. The van der Waals surface area contributed by atoms with Crippen LogP contribution in [0.4, 0.5) is 5.69 Å². The number of Topliss-reactive ketones (excluding diaryl/α,β-unsaturated/α-hetero) is 1. The van der Waals surface area contributed by atoms with E-state index in [-0.39, 0.29) is 29.4 Å². The molecule has 2 aliphatic rings. The molecule has 2 amide bonds. The number of hydrogen-bond donors (Lipinski definition) is 0. The summed E-state index contributed by atoms with van der Waals surface area (Å²) < 4.78 is 1.90. The van der Waals surface area contributed by atoms with E-state index in [0.717, 1.165) is 62.7 Å². The maximum atomic E-state index is 13.0. The van der Waals surface area contributed by atoms with Crippen molar-refractivity contribution in [2.75, 3.05) is 4.90 Å². The van der Waals surface area contributed by atoms with Crippen molar-refractivity contribution >= 4 is 56.6 Å². The van der Waals surface area contributed by atoms with Gasteiger partial charge in [-0.15, -0.1) is 11.3 Å². The maximum Gasteiger partial charge on any atom is 0.237 e. The lowest BCUT2D eigenvalue weighted by atomic mass is 9.81. The molecule has 0 radical (unpaired) electrons. The minimum atomic E-state index is -0.148. The number of ketones is 1. The number of aryl methyl sites for hydroxylation is 2. The second-order valence-corrected chi connectivity index (χ2v) is 11.7. The van der Waals surface area contributed by atoms with Gasteiger partial charge in [0.05, 0.1) is 27.7 Å². The molecule has 0 unspecified atom stereocenters. The number of anilines is 1. The number of nitrogens with zero attached hydrogens (tertiary/aromatic N) is 2. The third-order valence-electron chi connectivity index (χ3n) is 7.27. The van der Waals surface area contributed by atoms with Crippen LogP contribution in [-0.4, -0.2) is 22.6 Å². The van der Waals surface area contributed by atoms with E-state index in [9.17, 15) is 14.4 Å². The average molecular weight is 493 g/mol. The molecule has 5 nitrogen and oxygen atoms in total. The zero-order valence-corrected chi connectivity index (χ0v) is 21.6. The van der Waals surface area contributed by atoms with Gasteiger partial charge in [0.1, 0.15) is 0 Å². The van der Waals surface area contributed by atoms with E-state index < -0.39 is 0 Å². The van der Waals surface area contributed by atoms with E-state index >= 15 is 0 Å². The molecule has 5 rings (SSSR count). The van der Waals surface area contributed by atoms with Gasteiger partial charge in [0.2, 0.25) is 11.8 Å². The highest BCUT2D eigenvalue weighted by Crippen LogP contribution is 2.41. The van der Waals surface area contributed by atoms with Gasteiger partial charge in [-0.25, -0.2) is 4.98 Å². The van der Waals surface area contributed by atoms with Crippen molar-refractivity contribution in [1.29, 1.82) is 0 Å². The zero-order valence-electron chi connectivity index (χ0n) is 19.9. The average Bonchev–Trinajstić information content (AvgIpc) is 3.31. The summed E-state index contributed by atoms with van der Waals surface area (Å²) >= 11 is 3.24. The fourth-order valence-electron chi connectivity index (χ4n) is 5.63. The Bertz CT molecular complexity index is 1320. The summed E-state index contributed by atoms with van der Waals surface area (Å²) in [5.41, 5.74) is 6.78. The van der Waals surface area contributed by atoms with Crippen LogP contribution in [-0.2, 0) is 15.3 Å². The van der Waals surface area contributed by atoms with Gasteiger partial charge in [0, 0.05) is 11.3 Å². The molecule has 34 heavy (non-hydrogen) atoms. The molecule has 2 atom stereocenters. The van der Waals surface area contributed by atoms with Gasteiger partial charge in [0.15, 0.2) is 10.1 Å². The SMILES string of the molecule is CC(=O)c1c(C)cc(C)c(CSc2nc3ccc(N4C(=O)[C@H]5CCCC[C@H]5C4=O)cc3s2)c1C. The Hall–Kier alpha value is -2.51. The lowest BCUT2D eigenvalue weighted by Crippen LogP contribution is -2.30. The highest BCUT2D eigenvalue weighted by molar-refractivity contribution is 8.00. The fraction of sp³-hybridized carbons (Fsp3) is 0.407. The lowest BCUT2D eigenvalue weighted by Gasteiger charge is -2.19. The molecule has 2 heterocycles. The molecule has 176 valence electrons. The van der Waals surface area contributed by atoms with Gasteiger partial charge >= 0.3 is 0 Å². The molecule has 1 aliphatic heterocycles. The van der Waals surface area contributed by atoms with Crippen molar-refractivity contribution < 1.29 is 14.4 Å². The van der Waals surface area contributed by atoms with Crippen molar-refractivity contribution in [3.8, 4) is 0 Å². The van der Waals surface area contributed by atoms with Crippen LogP contribution in [0.3, 0.4) is 0 Å². The molecule has 1 saturated carbocycles. The molecule has 0 spiro atoms. The first-order chi connectivity index (χ1) is 16.3. The Morgan fingerprint density at radius 3 is 2.38 bits per heavy atom. The van der Waals surface area contributed by atoms with E-state index in [2.05, 4.69) is 13.0 Å². The summed E-state index contributed by atoms with van der Waals surface area (Å²) in [5.74, 6) is 0.451. The van der Waals surface area contributed by atoms with E-state index in [1.165, 1.54) is 16.0 Å². The van der Waals surface area contributed by atoms with Crippen molar-refractivity contribution in [2.45, 2.75) is 63.5 Å². The minimum Gasteiger partial charge on any atom is -0.294 e. The third kappa shape index (κ3) is 3.89. The predicted molar refractivity (Wildman–Crippen MR) is 138 cm³/mol. The van der Waals surface area contributed by atoms with Crippen LogP contribution in [0.1, 0.15) is 65.2 Å². The second-order valence-electron chi connectivity index (χ2n) is 9.47. The number of amides is 2. The molecular weight excluding hydrogens is 464 g/mol. The van der Waals surface area contributed by atoms with Gasteiger partial charge in [-0.3, -0.25) is 19.3 Å². The molecule has 2 fully saturated rings. The lowest BCUT2D eigenvalue weighted by molar-refractivity contribution is -0.122. The molecule has 1 aliphatic carbocycles. The van der Waals surface area contributed by atoms with Gasteiger partial charge < -0.3 is 0 Å². The maximum absolute atomic E-state index is 13.0. The van der Waals surface area contributed by atoms with Crippen LogP contribution in [0.2, 0.25) is 0 Å². The van der Waals surface area contributed by atoms with Gasteiger partial charge in [-0.2, -0.15) is 0 Å². The Morgan fingerprint density at radius 1 is 1.06 bits per heavy atom. The number of rotatable bonds is 5. The number of aromatic nitrogens is 1. The van der Waals surface area contributed by atoms with E-state index in [0.29, 0.717) is 5.69 Å². The summed E-state index contributed by atoms with van der Waals surface area (Å²) in [7, 11) is 0. The predicted octanol–water partition coefficient (Wildman–Crippen LogP) is 6.40. The Morgan fingerprint density at radius 2 is 1.74 bits per heavy atom. The normalized spacial score (nSPS) is 20.3. The van der Waals surface area contributed by atoms with Crippen LogP contribution in [0.15, 0.2) is 28.6 Å². The number of fused-ring (bicyclic) bond motifs is 2. The highest BCUT2D eigenvalue weighted by atomic mass is 32.2. The smallest absolute Gasteiger partial charge is 0.237 e. The van der Waals surface area contributed by atoms with Crippen LogP contribution in [0.5, 0.6) is 0 Å². The molecule has 1 saturated heterocycles. The topological polar surface area (TPSA) is 67.3 Å². The van der Waals surface area contributed by atoms with E-state index in [4.69, 9.17) is 4.98 Å². The summed E-state index contributed by atoms with van der Waals surface area (Å²) in [4.78, 5) is 44.3. The van der Waals surface area contributed by atoms with Gasteiger partial charge in [-0.1, -0.05) is 30.7 Å². The van der Waals surface area contributed by atoms with Crippen molar-refractivity contribution in [3.63, 3.8) is 0 Å². The first-order valence-corrected chi connectivity index (χ1v) is 13.6. The summed E-state index contributed by atoms with van der Waals surface area (Å²) in [6, 6.07) is 7.77. The van der Waals surface area contributed by atoms with Crippen LogP contribution >= 0.6 is 23.1 Å². The Kier molecular flexibility index (Phi) is 6.10. The number of thioether (sulfide) groups is 1. The zero-order chi connectivity index (χ0) is 24.1. The number of imide groups is 1. The number of carbonyl (C=O) groups excluding carboxylic acids is 3. The summed E-state index contributed by atoms with van der Waals surface area (Å²) in [5, 5.41) is 0. The number of thiazole rings is 1. The number of hydrogen-bond acceptors (Lipinski definition) is 6. The molecule has 3 aromatic rings. The molecular formula is C27H28N2O3S2. The molecule has 7 heteroatoms. The number of carbonyl (C=O) groups is 3. The van der Waals surface area contributed by atoms with Crippen LogP contribution in [0, 0.1) is 32.6 Å². The summed E-state index contributed by atoms with van der Waals surface area (Å²) in [6.07, 6.45) is 3.68. The second kappa shape index (κ2) is 8.93. The fourth-order valence-corrected chi connectivity index (χ4v) is 7.92. The van der Waals surface area contributed by atoms with E-state index in [1.54, 1.807) is 30.0 Å². The Labute approximate surface area is 207 Å². The highest BCUT2D eigenvalue weighted by Gasteiger charge is 2.48.